The summed E-state index contributed by atoms with van der Waals surface area (Å²) >= 11 is 0. The van der Waals surface area contributed by atoms with Crippen LogP contribution in [0.3, 0.4) is 0 Å². The number of hydrogen-bond donors (Lipinski definition) is 1. The number of aromatic nitrogens is 3. The molecule has 4 aromatic rings. The summed E-state index contributed by atoms with van der Waals surface area (Å²) in [4.78, 5) is 14.3. The van der Waals surface area contributed by atoms with Crippen LogP contribution in [-0.4, -0.2) is 38.2 Å². The summed E-state index contributed by atoms with van der Waals surface area (Å²) in [5.41, 5.74) is 1.84. The number of aliphatic hydroxyl groups is 1. The molecule has 3 aromatic carbocycles. The van der Waals surface area contributed by atoms with E-state index >= 15 is 0 Å². The predicted molar refractivity (Wildman–Crippen MR) is 144 cm³/mol. The van der Waals surface area contributed by atoms with Crippen molar-refractivity contribution in [2.45, 2.75) is 45.7 Å². The van der Waals surface area contributed by atoms with Crippen molar-refractivity contribution in [3.05, 3.63) is 84.4 Å². The van der Waals surface area contributed by atoms with E-state index in [0.29, 0.717) is 28.6 Å². The summed E-state index contributed by atoms with van der Waals surface area (Å²) in [6.45, 7) is 8.66. The Bertz CT molecular complexity index is 1340. The number of nitrogens with zero attached hydrogens (tertiary/aromatic N) is 4. The quantitative estimate of drug-likeness (QED) is 0.372. The maximum Gasteiger partial charge on any atom is 0.324 e. The van der Waals surface area contributed by atoms with Crippen LogP contribution in [0.5, 0.6) is 0 Å². The fourth-order valence-corrected chi connectivity index (χ4v) is 3.67. The number of benzene rings is 3. The van der Waals surface area contributed by atoms with Crippen molar-refractivity contribution in [2.75, 3.05) is 0 Å². The van der Waals surface area contributed by atoms with Crippen LogP contribution < -0.4 is 5.46 Å². The van der Waals surface area contributed by atoms with E-state index in [1.165, 1.54) is 0 Å². The molecule has 0 aliphatic rings. The molecule has 0 atom stereocenters. The first-order valence-electron chi connectivity index (χ1n) is 11.9. The minimum Gasteiger partial charge on any atom is -0.423 e. The smallest absolute Gasteiger partial charge is 0.324 e. The van der Waals surface area contributed by atoms with Crippen molar-refractivity contribution in [3.63, 3.8) is 0 Å². The van der Waals surface area contributed by atoms with Gasteiger partial charge in [0, 0.05) is 16.7 Å². The van der Waals surface area contributed by atoms with Crippen LogP contribution in [0.25, 0.3) is 34.2 Å². The van der Waals surface area contributed by atoms with Crippen LogP contribution in [0.2, 0.25) is 6.82 Å². The first-order chi connectivity index (χ1) is 17.1. The monoisotopic (exact) mass is 476 g/mol. The standard InChI is InChI=1S/C29H29BN4O2/c1-28(2,35)29(3,4)36-30(5)24-17-20(19-31)16-23(18-24)27-33-25(21-12-8-6-9-13-21)32-26(34-27)22-14-10-7-11-15-22/h6-18,35H,1-5H3. The van der Waals surface area contributed by atoms with E-state index in [2.05, 4.69) is 6.07 Å². The fourth-order valence-electron chi connectivity index (χ4n) is 3.67. The average molecular weight is 476 g/mol. The molecule has 0 radical (unpaired) electrons. The lowest BCUT2D eigenvalue weighted by molar-refractivity contribution is -0.0918. The normalized spacial score (nSPS) is 11.7. The zero-order valence-electron chi connectivity index (χ0n) is 21.2. The zero-order valence-corrected chi connectivity index (χ0v) is 21.2. The third-order valence-electron chi connectivity index (χ3n) is 6.46. The Labute approximate surface area is 212 Å². The van der Waals surface area contributed by atoms with Crippen molar-refractivity contribution in [3.8, 4) is 40.2 Å². The van der Waals surface area contributed by atoms with Gasteiger partial charge in [0.15, 0.2) is 17.5 Å². The highest BCUT2D eigenvalue weighted by Gasteiger charge is 2.38. The topological polar surface area (TPSA) is 91.9 Å². The summed E-state index contributed by atoms with van der Waals surface area (Å²) in [5, 5.41) is 20.3. The Morgan fingerprint density at radius 2 is 1.22 bits per heavy atom. The number of hydrogen-bond acceptors (Lipinski definition) is 6. The Morgan fingerprint density at radius 3 is 1.67 bits per heavy atom. The van der Waals surface area contributed by atoms with Crippen LogP contribution in [0, 0.1) is 11.3 Å². The van der Waals surface area contributed by atoms with Gasteiger partial charge in [0.1, 0.15) is 0 Å². The van der Waals surface area contributed by atoms with Gasteiger partial charge in [-0.2, -0.15) is 5.26 Å². The molecule has 0 aliphatic carbocycles. The van der Waals surface area contributed by atoms with Gasteiger partial charge in [0.25, 0.3) is 0 Å². The third kappa shape index (κ3) is 5.51. The van der Waals surface area contributed by atoms with E-state index in [4.69, 9.17) is 19.6 Å². The van der Waals surface area contributed by atoms with Gasteiger partial charge >= 0.3 is 6.92 Å². The molecule has 1 heterocycles. The minimum absolute atomic E-state index is 0.387. The molecule has 7 heteroatoms. The van der Waals surface area contributed by atoms with Gasteiger partial charge in [-0.05, 0) is 45.3 Å². The second-order valence-corrected chi connectivity index (χ2v) is 9.82. The molecular weight excluding hydrogens is 447 g/mol. The second kappa shape index (κ2) is 10.0. The van der Waals surface area contributed by atoms with Crippen LogP contribution in [0.4, 0.5) is 0 Å². The maximum absolute atomic E-state index is 10.5. The average Bonchev–Trinajstić information content (AvgIpc) is 2.88. The van der Waals surface area contributed by atoms with Gasteiger partial charge in [0.2, 0.25) is 0 Å². The maximum atomic E-state index is 10.5. The van der Waals surface area contributed by atoms with Crippen molar-refractivity contribution in [1.29, 1.82) is 5.26 Å². The summed E-state index contributed by atoms with van der Waals surface area (Å²) in [6.07, 6.45) is 0. The number of nitriles is 1. The molecule has 0 aliphatic heterocycles. The molecule has 0 spiro atoms. The van der Waals surface area contributed by atoms with Gasteiger partial charge in [-0.3, -0.25) is 0 Å². The summed E-state index contributed by atoms with van der Waals surface area (Å²) in [7, 11) is 0. The number of rotatable bonds is 7. The SMILES string of the molecule is CB(OC(C)(C)C(C)(C)O)c1cc(C#N)cc(-c2nc(-c3ccccc3)nc(-c3ccccc3)n2)c1. The molecule has 0 fully saturated rings. The first kappa shape index (κ1) is 25.2. The van der Waals surface area contributed by atoms with Crippen molar-refractivity contribution in [2.24, 2.45) is 0 Å². The summed E-state index contributed by atoms with van der Waals surface area (Å²) in [5.74, 6) is 1.57. The van der Waals surface area contributed by atoms with Gasteiger partial charge in [-0.1, -0.05) is 73.6 Å². The second-order valence-electron chi connectivity index (χ2n) is 9.82. The van der Waals surface area contributed by atoms with Crippen LogP contribution in [0.15, 0.2) is 78.9 Å². The highest BCUT2D eigenvalue weighted by atomic mass is 16.5. The molecule has 0 bridgehead atoms. The molecule has 1 aromatic heterocycles. The Morgan fingerprint density at radius 1 is 0.750 bits per heavy atom. The molecule has 36 heavy (non-hydrogen) atoms. The lowest BCUT2D eigenvalue weighted by Gasteiger charge is -2.39. The molecule has 6 nitrogen and oxygen atoms in total. The third-order valence-corrected chi connectivity index (χ3v) is 6.46. The Kier molecular flexibility index (Phi) is 7.03. The molecular formula is C29H29BN4O2. The minimum atomic E-state index is -1.06. The van der Waals surface area contributed by atoms with Crippen LogP contribution >= 0.6 is 0 Å². The molecule has 0 saturated heterocycles. The lowest BCUT2D eigenvalue weighted by atomic mass is 9.62. The Balaban J connectivity index is 1.84. The van der Waals surface area contributed by atoms with Crippen LogP contribution in [0.1, 0.15) is 33.3 Å². The van der Waals surface area contributed by atoms with Crippen molar-refractivity contribution < 1.29 is 9.76 Å². The van der Waals surface area contributed by atoms with Gasteiger partial charge in [-0.25, -0.2) is 15.0 Å². The molecule has 0 unspecified atom stereocenters. The van der Waals surface area contributed by atoms with E-state index in [-0.39, 0.29) is 6.92 Å². The summed E-state index contributed by atoms with van der Waals surface area (Å²) < 4.78 is 6.25. The van der Waals surface area contributed by atoms with Gasteiger partial charge in [0.05, 0.1) is 22.8 Å². The van der Waals surface area contributed by atoms with E-state index in [1.807, 2.05) is 87.4 Å². The van der Waals surface area contributed by atoms with E-state index in [9.17, 15) is 10.4 Å². The highest BCUT2D eigenvalue weighted by molar-refractivity contribution is 6.66. The van der Waals surface area contributed by atoms with E-state index in [1.54, 1.807) is 26.0 Å². The van der Waals surface area contributed by atoms with Gasteiger partial charge < -0.3 is 9.76 Å². The highest BCUT2D eigenvalue weighted by Crippen LogP contribution is 2.27. The summed E-state index contributed by atoms with van der Waals surface area (Å²) in [6, 6.07) is 27.2. The van der Waals surface area contributed by atoms with Crippen molar-refractivity contribution in [1.82, 2.24) is 15.0 Å². The molecule has 4 rings (SSSR count). The first-order valence-corrected chi connectivity index (χ1v) is 11.9. The molecule has 0 amide bonds. The zero-order chi connectivity index (χ0) is 25.9. The lowest BCUT2D eigenvalue weighted by Crippen LogP contribution is -2.52. The van der Waals surface area contributed by atoms with Crippen LogP contribution in [-0.2, 0) is 4.65 Å². The van der Waals surface area contributed by atoms with Crippen molar-refractivity contribution >= 4 is 12.4 Å². The molecule has 180 valence electrons. The fraction of sp³-hybridized carbons (Fsp3) is 0.241. The van der Waals surface area contributed by atoms with E-state index in [0.717, 1.165) is 16.6 Å². The Hall–Kier alpha value is -3.86. The molecule has 0 saturated carbocycles. The van der Waals surface area contributed by atoms with Gasteiger partial charge in [-0.15, -0.1) is 0 Å². The molecule has 1 N–H and O–H groups in total. The largest absolute Gasteiger partial charge is 0.423 e. The predicted octanol–water partition coefficient (Wildman–Crippen LogP) is 5.14. The van der Waals surface area contributed by atoms with E-state index < -0.39 is 11.2 Å².